The summed E-state index contributed by atoms with van der Waals surface area (Å²) in [5.74, 6) is 0. The molecule has 0 bridgehead atoms. The summed E-state index contributed by atoms with van der Waals surface area (Å²) in [5.41, 5.74) is 20.9. The lowest BCUT2D eigenvalue weighted by molar-refractivity contribution is 1.17. The zero-order valence-electron chi connectivity index (χ0n) is 39.8. The molecule has 0 atom stereocenters. The fourth-order valence-electron chi connectivity index (χ4n) is 10.7. The van der Waals surface area contributed by atoms with Gasteiger partial charge in [-0.05, 0) is 131 Å². The minimum Gasteiger partial charge on any atom is -0.309 e. The third kappa shape index (κ3) is 7.40. The molecular formula is C66H42N8. The molecule has 0 spiro atoms. The topological polar surface area (TPSA) is 87.2 Å². The van der Waals surface area contributed by atoms with E-state index in [1.165, 1.54) is 21.5 Å². The highest BCUT2D eigenvalue weighted by Gasteiger charge is 2.22. The van der Waals surface area contributed by atoms with Gasteiger partial charge in [-0.2, -0.15) is 0 Å². The molecule has 0 saturated carbocycles. The molecule has 0 aliphatic heterocycles. The Morgan fingerprint density at radius 3 is 0.919 bits per heavy atom. The maximum absolute atomic E-state index is 5.22. The van der Waals surface area contributed by atoms with Crippen molar-refractivity contribution in [1.29, 1.82) is 0 Å². The average molecular weight is 947 g/mol. The van der Waals surface area contributed by atoms with Crippen LogP contribution in [0.2, 0.25) is 0 Å². The minimum atomic E-state index is 0.884. The highest BCUT2D eigenvalue weighted by atomic mass is 15.0. The fraction of sp³-hybridized carbons (Fsp3) is 0. The first kappa shape index (κ1) is 42.7. The van der Waals surface area contributed by atoms with Crippen LogP contribution in [0.15, 0.2) is 256 Å². The molecule has 346 valence electrons. The van der Waals surface area contributed by atoms with E-state index in [0.717, 1.165) is 112 Å². The van der Waals surface area contributed by atoms with E-state index in [2.05, 4.69) is 187 Å². The fourth-order valence-corrected chi connectivity index (χ4v) is 10.7. The van der Waals surface area contributed by atoms with Gasteiger partial charge in [0.25, 0.3) is 0 Å². The number of hydrogen-bond acceptors (Lipinski definition) is 6. The summed E-state index contributed by atoms with van der Waals surface area (Å²) in [7, 11) is 0. The second-order valence-corrected chi connectivity index (χ2v) is 18.4. The Kier molecular flexibility index (Phi) is 10.3. The third-order valence-corrected chi connectivity index (χ3v) is 14.2. The van der Waals surface area contributed by atoms with E-state index >= 15 is 0 Å². The molecule has 0 N–H and O–H groups in total. The lowest BCUT2D eigenvalue weighted by Crippen LogP contribution is -1.98. The van der Waals surface area contributed by atoms with E-state index in [1.54, 1.807) is 0 Å². The number of aromatic nitrogens is 8. The number of rotatable bonds is 9. The predicted octanol–water partition coefficient (Wildman–Crippen LogP) is 15.9. The molecule has 0 amide bonds. The normalized spacial score (nSPS) is 11.5. The molecule has 0 fully saturated rings. The largest absolute Gasteiger partial charge is 0.309 e. The zero-order chi connectivity index (χ0) is 49.0. The van der Waals surface area contributed by atoms with Crippen LogP contribution in [-0.2, 0) is 0 Å². The van der Waals surface area contributed by atoms with Gasteiger partial charge in [-0.15, -0.1) is 0 Å². The van der Waals surface area contributed by atoms with Gasteiger partial charge < -0.3 is 9.13 Å². The third-order valence-electron chi connectivity index (χ3n) is 14.2. The van der Waals surface area contributed by atoms with Crippen molar-refractivity contribution >= 4 is 43.6 Å². The van der Waals surface area contributed by atoms with Crippen molar-refractivity contribution in [2.45, 2.75) is 0 Å². The van der Waals surface area contributed by atoms with Crippen molar-refractivity contribution in [3.8, 4) is 89.8 Å². The van der Waals surface area contributed by atoms with Gasteiger partial charge in [0.2, 0.25) is 0 Å². The summed E-state index contributed by atoms with van der Waals surface area (Å²) >= 11 is 0. The highest BCUT2D eigenvalue weighted by Crippen LogP contribution is 2.44. The van der Waals surface area contributed by atoms with Gasteiger partial charge in [0, 0.05) is 116 Å². The SMILES string of the molecule is c1ccc2c(c1)c1cccc(-c3cccc4c5ccccc5n(-c5ccc(-c6cc(-c7ccncc7)cc(-c7ccncc7)n6)cc5)c34)c1n2-c1ccc(-c2cc(-c3ccncc3)cc(-c3ccncc3)n2)cc1. The van der Waals surface area contributed by atoms with Crippen molar-refractivity contribution in [2.24, 2.45) is 0 Å². The molecule has 8 heteroatoms. The zero-order valence-corrected chi connectivity index (χ0v) is 39.8. The van der Waals surface area contributed by atoms with Crippen molar-refractivity contribution in [3.05, 3.63) is 256 Å². The van der Waals surface area contributed by atoms with Crippen LogP contribution < -0.4 is 0 Å². The lowest BCUT2D eigenvalue weighted by atomic mass is 9.99. The number of nitrogens with zero attached hydrogens (tertiary/aromatic N) is 8. The second-order valence-electron chi connectivity index (χ2n) is 18.4. The molecule has 0 aliphatic carbocycles. The molecule has 14 aromatic rings. The molecule has 74 heavy (non-hydrogen) atoms. The summed E-state index contributed by atoms with van der Waals surface area (Å²) in [5, 5.41) is 4.76. The molecule has 8 heterocycles. The summed E-state index contributed by atoms with van der Waals surface area (Å²) in [4.78, 5) is 27.5. The number of pyridine rings is 6. The Labute approximate surface area is 426 Å². The van der Waals surface area contributed by atoms with Crippen molar-refractivity contribution < 1.29 is 0 Å². The van der Waals surface area contributed by atoms with Gasteiger partial charge in [-0.25, -0.2) is 9.97 Å². The van der Waals surface area contributed by atoms with E-state index < -0.39 is 0 Å². The molecule has 8 nitrogen and oxygen atoms in total. The molecule has 8 aromatic heterocycles. The maximum Gasteiger partial charge on any atom is 0.0716 e. The van der Waals surface area contributed by atoms with Crippen LogP contribution in [0, 0.1) is 0 Å². The first-order valence-electron chi connectivity index (χ1n) is 24.6. The second kappa shape index (κ2) is 17.9. The molecule has 0 saturated heterocycles. The number of para-hydroxylation sites is 4. The quantitative estimate of drug-likeness (QED) is 0.143. The van der Waals surface area contributed by atoms with E-state index in [1.807, 2.05) is 98.1 Å². The summed E-state index contributed by atoms with van der Waals surface area (Å²) in [6.07, 6.45) is 14.6. The van der Waals surface area contributed by atoms with E-state index in [-0.39, 0.29) is 0 Å². The summed E-state index contributed by atoms with van der Waals surface area (Å²) in [6, 6.07) is 73.4. The van der Waals surface area contributed by atoms with Crippen LogP contribution in [-0.4, -0.2) is 39.0 Å². The Morgan fingerprint density at radius 2 is 0.554 bits per heavy atom. The number of hydrogen-bond donors (Lipinski definition) is 0. The monoisotopic (exact) mass is 946 g/mol. The van der Waals surface area contributed by atoms with Crippen LogP contribution in [0.1, 0.15) is 0 Å². The van der Waals surface area contributed by atoms with Gasteiger partial charge in [0.15, 0.2) is 0 Å². The van der Waals surface area contributed by atoms with Crippen LogP contribution in [0.5, 0.6) is 0 Å². The first-order chi connectivity index (χ1) is 36.7. The summed E-state index contributed by atoms with van der Waals surface area (Å²) < 4.78 is 4.86. The summed E-state index contributed by atoms with van der Waals surface area (Å²) in [6.45, 7) is 0. The predicted molar refractivity (Wildman–Crippen MR) is 300 cm³/mol. The van der Waals surface area contributed by atoms with Crippen LogP contribution in [0.3, 0.4) is 0 Å². The van der Waals surface area contributed by atoms with Crippen LogP contribution >= 0.6 is 0 Å². The Morgan fingerprint density at radius 1 is 0.243 bits per heavy atom. The van der Waals surface area contributed by atoms with Gasteiger partial charge >= 0.3 is 0 Å². The smallest absolute Gasteiger partial charge is 0.0716 e. The van der Waals surface area contributed by atoms with Gasteiger partial charge in [-0.1, -0.05) is 97.1 Å². The van der Waals surface area contributed by atoms with Crippen molar-refractivity contribution in [1.82, 2.24) is 39.0 Å². The molecule has 0 aliphatic rings. The highest BCUT2D eigenvalue weighted by molar-refractivity contribution is 6.19. The van der Waals surface area contributed by atoms with Gasteiger partial charge in [0.1, 0.15) is 0 Å². The lowest BCUT2D eigenvalue weighted by Gasteiger charge is -2.16. The van der Waals surface area contributed by atoms with E-state index in [4.69, 9.17) is 9.97 Å². The maximum atomic E-state index is 5.22. The van der Waals surface area contributed by atoms with Gasteiger partial charge in [0.05, 0.1) is 44.8 Å². The molecule has 6 aromatic carbocycles. The van der Waals surface area contributed by atoms with Crippen molar-refractivity contribution in [3.63, 3.8) is 0 Å². The van der Waals surface area contributed by atoms with Crippen LogP contribution in [0.4, 0.5) is 0 Å². The van der Waals surface area contributed by atoms with Crippen molar-refractivity contribution in [2.75, 3.05) is 0 Å². The minimum absolute atomic E-state index is 0.884. The number of benzene rings is 6. The van der Waals surface area contributed by atoms with Gasteiger partial charge in [-0.3, -0.25) is 19.9 Å². The molecule has 0 radical (unpaired) electrons. The molecule has 14 rings (SSSR count). The standard InChI is InChI=1S/C66H42N8/c1-3-13-63-53(7-1)55-9-5-11-57(65(55)73(63)51-19-15-45(16-20-51)59-39-49(43-23-31-67-32-24-43)41-61(71-59)47-27-35-69-36-28-47)58-12-6-10-56-54-8-2-4-14-64(54)74(66(56)58)52-21-17-46(18-22-52)60-40-50(44-25-33-68-34-26-44)42-62(72-60)48-29-37-70-38-30-48/h1-42H. The Bertz CT molecular complexity index is 3980. The van der Waals surface area contributed by atoms with E-state index in [0.29, 0.717) is 0 Å². The number of fused-ring (bicyclic) bond motifs is 6. The average Bonchev–Trinajstić information content (AvgIpc) is 4.02. The molecular weight excluding hydrogens is 905 g/mol. The van der Waals surface area contributed by atoms with Crippen LogP contribution in [0.25, 0.3) is 133 Å². The Hall–Kier alpha value is -10.2. The first-order valence-corrected chi connectivity index (χ1v) is 24.6. The molecule has 0 unspecified atom stereocenters. The van der Waals surface area contributed by atoms with E-state index in [9.17, 15) is 0 Å². The Balaban J connectivity index is 0.917.